The number of allylic oxidation sites excluding steroid dienone is 2. The first-order valence-electron chi connectivity index (χ1n) is 11.6. The van der Waals surface area contributed by atoms with Crippen LogP contribution in [0.15, 0.2) is 48.2 Å². The Morgan fingerprint density at radius 3 is 2.24 bits per heavy atom. The second-order valence-electron chi connectivity index (χ2n) is 10.3. The average molecular weight is 380 g/mol. The van der Waals surface area contributed by atoms with Crippen molar-refractivity contribution in [2.45, 2.75) is 75.5 Å². The van der Waals surface area contributed by atoms with Gasteiger partial charge in [-0.3, -0.25) is 0 Å². The van der Waals surface area contributed by atoms with E-state index >= 15 is 0 Å². The highest BCUT2D eigenvalue weighted by Crippen LogP contribution is 2.51. The fourth-order valence-electron chi connectivity index (χ4n) is 8.08. The third-order valence-electron chi connectivity index (χ3n) is 9.03. The Balaban J connectivity index is 1.53. The lowest BCUT2D eigenvalue weighted by Crippen LogP contribution is -2.66. The lowest BCUT2D eigenvalue weighted by molar-refractivity contribution is -0.606. The Labute approximate surface area is 172 Å². The van der Waals surface area contributed by atoms with Crippen LogP contribution in [0, 0.1) is 0 Å². The van der Waals surface area contributed by atoms with Gasteiger partial charge in [-0.05, 0) is 65.1 Å². The SMILES string of the molecule is C1=C2Cc3cccc4c3C[C@@]35Cc6c(cccc6CC6CCC(CC(=[N+]23)C1)N65)C4. The van der Waals surface area contributed by atoms with Crippen LogP contribution in [0.3, 0.4) is 0 Å². The first-order chi connectivity index (χ1) is 14.3. The highest BCUT2D eigenvalue weighted by atomic mass is 15.4. The first kappa shape index (κ1) is 15.6. The van der Waals surface area contributed by atoms with Gasteiger partial charge in [0.2, 0.25) is 5.66 Å². The summed E-state index contributed by atoms with van der Waals surface area (Å²) in [6.07, 6.45) is 13.7. The molecule has 29 heavy (non-hydrogen) atoms. The van der Waals surface area contributed by atoms with E-state index in [0.717, 1.165) is 18.9 Å². The Kier molecular flexibility index (Phi) is 2.75. The summed E-state index contributed by atoms with van der Waals surface area (Å²) in [6, 6.07) is 15.8. The van der Waals surface area contributed by atoms with Crippen molar-refractivity contribution < 1.29 is 4.58 Å². The molecule has 2 unspecified atom stereocenters. The van der Waals surface area contributed by atoms with Crippen LogP contribution in [0.1, 0.15) is 59.1 Å². The molecule has 3 bridgehead atoms. The number of hydrogen-bond donors (Lipinski definition) is 0. The van der Waals surface area contributed by atoms with E-state index in [-0.39, 0.29) is 5.66 Å². The molecule has 1 fully saturated rings. The van der Waals surface area contributed by atoms with Gasteiger partial charge in [-0.15, -0.1) is 0 Å². The molecular formula is C27H27N2+. The summed E-state index contributed by atoms with van der Waals surface area (Å²) in [7, 11) is 0. The highest BCUT2D eigenvalue weighted by molar-refractivity contribution is 5.84. The lowest BCUT2D eigenvalue weighted by Gasteiger charge is -2.46. The van der Waals surface area contributed by atoms with Gasteiger partial charge in [-0.1, -0.05) is 36.4 Å². The molecular weight excluding hydrogens is 352 g/mol. The van der Waals surface area contributed by atoms with E-state index in [2.05, 4.69) is 51.9 Å². The van der Waals surface area contributed by atoms with Crippen molar-refractivity contribution >= 4 is 5.71 Å². The molecule has 0 amide bonds. The quantitative estimate of drug-likeness (QED) is 0.623. The number of hydrogen-bond acceptors (Lipinski definition) is 1. The van der Waals surface area contributed by atoms with Crippen LogP contribution in [0.2, 0.25) is 0 Å². The van der Waals surface area contributed by atoms with Gasteiger partial charge < -0.3 is 0 Å². The Morgan fingerprint density at radius 2 is 1.45 bits per heavy atom. The largest absolute Gasteiger partial charge is 0.235 e. The molecule has 5 aliphatic heterocycles. The summed E-state index contributed by atoms with van der Waals surface area (Å²) >= 11 is 0. The van der Waals surface area contributed by atoms with E-state index in [0.29, 0.717) is 6.04 Å². The van der Waals surface area contributed by atoms with Crippen LogP contribution in [-0.2, 0) is 32.1 Å². The van der Waals surface area contributed by atoms with E-state index in [4.69, 9.17) is 0 Å². The Bertz CT molecular complexity index is 1170. The molecule has 1 spiro atoms. The minimum atomic E-state index is 0.130. The maximum atomic E-state index is 3.05. The molecule has 3 atom stereocenters. The minimum absolute atomic E-state index is 0.130. The summed E-state index contributed by atoms with van der Waals surface area (Å²) in [5.74, 6) is 0. The van der Waals surface area contributed by atoms with Crippen molar-refractivity contribution in [2.24, 2.45) is 0 Å². The number of rotatable bonds is 0. The zero-order chi connectivity index (χ0) is 18.7. The zero-order valence-electron chi connectivity index (χ0n) is 17.0. The first-order valence-corrected chi connectivity index (χ1v) is 11.6. The van der Waals surface area contributed by atoms with Crippen LogP contribution in [0.25, 0.3) is 0 Å². The average Bonchev–Trinajstić information content (AvgIpc) is 3.21. The molecule has 0 saturated carbocycles. The summed E-state index contributed by atoms with van der Waals surface area (Å²) in [5.41, 5.74) is 13.2. The van der Waals surface area contributed by atoms with Gasteiger partial charge in [0.25, 0.3) is 0 Å². The maximum Gasteiger partial charge on any atom is 0.232 e. The van der Waals surface area contributed by atoms with Crippen molar-refractivity contribution in [3.8, 4) is 0 Å². The van der Waals surface area contributed by atoms with E-state index in [1.807, 2.05) is 0 Å². The molecule has 2 heteroatoms. The molecule has 0 radical (unpaired) electrons. The molecule has 1 aliphatic carbocycles. The van der Waals surface area contributed by atoms with Gasteiger partial charge in [-0.2, -0.15) is 4.58 Å². The molecule has 2 aromatic carbocycles. The Morgan fingerprint density at radius 1 is 0.793 bits per heavy atom. The van der Waals surface area contributed by atoms with Gasteiger partial charge in [-0.25, -0.2) is 4.90 Å². The predicted octanol–water partition coefficient (Wildman–Crippen LogP) is 4.16. The summed E-state index contributed by atoms with van der Waals surface area (Å²) in [6.45, 7) is 0. The lowest BCUT2D eigenvalue weighted by atomic mass is 9.79. The van der Waals surface area contributed by atoms with Crippen LogP contribution < -0.4 is 0 Å². The molecule has 2 aromatic rings. The van der Waals surface area contributed by atoms with Gasteiger partial charge >= 0.3 is 0 Å². The van der Waals surface area contributed by atoms with E-state index in [1.54, 1.807) is 44.8 Å². The van der Waals surface area contributed by atoms with Gasteiger partial charge in [0.1, 0.15) is 0 Å². The van der Waals surface area contributed by atoms with Crippen molar-refractivity contribution in [1.82, 2.24) is 4.90 Å². The third-order valence-corrected chi connectivity index (χ3v) is 9.03. The molecule has 6 aliphatic rings. The Hall–Kier alpha value is -2.19. The third kappa shape index (κ3) is 1.81. The predicted molar refractivity (Wildman–Crippen MR) is 114 cm³/mol. The topological polar surface area (TPSA) is 6.25 Å². The van der Waals surface area contributed by atoms with Crippen LogP contribution in [0.5, 0.6) is 0 Å². The van der Waals surface area contributed by atoms with Crippen molar-refractivity contribution in [3.63, 3.8) is 0 Å². The monoisotopic (exact) mass is 379 g/mol. The molecule has 8 rings (SSSR count). The fourth-order valence-corrected chi connectivity index (χ4v) is 8.08. The zero-order valence-corrected chi connectivity index (χ0v) is 17.0. The van der Waals surface area contributed by atoms with Gasteiger partial charge in [0, 0.05) is 18.5 Å². The smallest absolute Gasteiger partial charge is 0.232 e. The standard InChI is InChI=1S/C27H27N2/c1-3-17-11-18-4-2-6-20-13-22-8-10-24-14-23-9-7-21-12-19(5-1)25(17)15-27(28(21)23,29(22)24)16-26(18)20/h1-7,22,24H,8-16H2/q+1/t22?,24?,27-/m1/s1. The van der Waals surface area contributed by atoms with Crippen molar-refractivity contribution in [1.29, 1.82) is 0 Å². The van der Waals surface area contributed by atoms with E-state index in [1.165, 1.54) is 44.9 Å². The normalized spacial score (nSPS) is 33.0. The summed E-state index contributed by atoms with van der Waals surface area (Å²) < 4.78 is 2.89. The summed E-state index contributed by atoms with van der Waals surface area (Å²) in [5, 5.41) is 0. The van der Waals surface area contributed by atoms with Crippen LogP contribution in [0.4, 0.5) is 0 Å². The highest BCUT2D eigenvalue weighted by Gasteiger charge is 2.63. The number of benzene rings is 2. The van der Waals surface area contributed by atoms with Crippen molar-refractivity contribution in [2.75, 3.05) is 0 Å². The van der Waals surface area contributed by atoms with Crippen molar-refractivity contribution in [3.05, 3.63) is 81.6 Å². The molecule has 0 N–H and O–H groups in total. The van der Waals surface area contributed by atoms with E-state index in [9.17, 15) is 0 Å². The molecule has 5 heterocycles. The second kappa shape index (κ2) is 5.10. The summed E-state index contributed by atoms with van der Waals surface area (Å²) in [4.78, 5) is 3.05. The molecule has 144 valence electrons. The van der Waals surface area contributed by atoms with Gasteiger partial charge in [0.15, 0.2) is 11.4 Å². The molecule has 1 saturated heterocycles. The molecule has 2 nitrogen and oxygen atoms in total. The fraction of sp³-hybridized carbons (Fsp3) is 0.444. The van der Waals surface area contributed by atoms with Crippen LogP contribution in [-0.4, -0.2) is 32.9 Å². The van der Waals surface area contributed by atoms with E-state index < -0.39 is 0 Å². The molecule has 0 aromatic heterocycles. The number of nitrogens with zero attached hydrogens (tertiary/aromatic N) is 2. The van der Waals surface area contributed by atoms with Gasteiger partial charge in [0.05, 0.1) is 25.7 Å². The maximum absolute atomic E-state index is 3.05. The second-order valence-corrected chi connectivity index (χ2v) is 10.3. The minimum Gasteiger partial charge on any atom is -0.235 e. The van der Waals surface area contributed by atoms with Crippen LogP contribution >= 0.6 is 0 Å².